The van der Waals surface area contributed by atoms with Gasteiger partial charge in [0.05, 0.1) is 0 Å². The predicted octanol–water partition coefficient (Wildman–Crippen LogP) is 2.68. The quantitative estimate of drug-likeness (QED) is 0.836. The normalized spacial score (nSPS) is 10.3. The maximum absolute atomic E-state index is 13.2. The van der Waals surface area contributed by atoms with Gasteiger partial charge in [-0.1, -0.05) is 6.07 Å². The Balaban J connectivity index is 2.72. The maximum atomic E-state index is 13.2. The van der Waals surface area contributed by atoms with Crippen LogP contribution < -0.4 is 0 Å². The van der Waals surface area contributed by atoms with Crippen LogP contribution in [0.5, 0.6) is 0 Å². The molecule has 0 aromatic heterocycles. The Labute approximate surface area is 86.5 Å². The van der Waals surface area contributed by atoms with Crippen molar-refractivity contribution in [2.24, 2.45) is 0 Å². The highest BCUT2D eigenvalue weighted by Crippen LogP contribution is 2.16. The monoisotopic (exact) mass is 214 g/mol. The lowest BCUT2D eigenvalue weighted by Crippen LogP contribution is -1.99. The number of carboxylic acid groups (broad SMARTS) is 1. The van der Waals surface area contributed by atoms with Crippen LogP contribution in [0.3, 0.4) is 0 Å². The third-order valence-corrected chi connectivity index (χ3v) is 2.08. The molecule has 1 aromatic rings. The second kappa shape index (κ2) is 4.87. The smallest absolute Gasteiger partial charge is 0.303 e. The van der Waals surface area contributed by atoms with Crippen LogP contribution in [0.4, 0.5) is 8.78 Å². The Morgan fingerprint density at radius 3 is 2.67 bits per heavy atom. The van der Waals surface area contributed by atoms with Gasteiger partial charge in [-0.15, -0.1) is 0 Å². The number of aliphatic carboxylic acids is 1. The van der Waals surface area contributed by atoms with Gasteiger partial charge in [0.25, 0.3) is 0 Å². The third kappa shape index (κ3) is 3.31. The molecule has 0 aliphatic heterocycles. The van der Waals surface area contributed by atoms with Crippen molar-refractivity contribution in [1.29, 1.82) is 0 Å². The zero-order chi connectivity index (χ0) is 11.4. The number of rotatable bonds is 4. The number of benzene rings is 1. The van der Waals surface area contributed by atoms with Crippen molar-refractivity contribution in [2.45, 2.75) is 26.2 Å². The van der Waals surface area contributed by atoms with E-state index < -0.39 is 17.6 Å². The highest BCUT2D eigenvalue weighted by molar-refractivity contribution is 5.66. The highest BCUT2D eigenvalue weighted by atomic mass is 19.2. The first kappa shape index (κ1) is 11.6. The molecule has 82 valence electrons. The van der Waals surface area contributed by atoms with Crippen LogP contribution in [0, 0.1) is 18.6 Å². The summed E-state index contributed by atoms with van der Waals surface area (Å²) in [6.07, 6.45) is 0.529. The van der Waals surface area contributed by atoms with Gasteiger partial charge < -0.3 is 5.11 Å². The van der Waals surface area contributed by atoms with E-state index in [-0.39, 0.29) is 18.4 Å². The molecule has 1 N–H and O–H groups in total. The second-order valence-corrected chi connectivity index (χ2v) is 3.47. The maximum Gasteiger partial charge on any atom is 0.303 e. The van der Waals surface area contributed by atoms with Gasteiger partial charge in [0, 0.05) is 6.42 Å². The highest BCUT2D eigenvalue weighted by Gasteiger charge is 2.09. The fourth-order valence-corrected chi connectivity index (χ4v) is 1.41. The summed E-state index contributed by atoms with van der Waals surface area (Å²) >= 11 is 0. The molecule has 1 rings (SSSR count). The Kier molecular flexibility index (Phi) is 3.77. The molecule has 0 heterocycles. The van der Waals surface area contributed by atoms with Gasteiger partial charge in [-0.2, -0.15) is 0 Å². The summed E-state index contributed by atoms with van der Waals surface area (Å²) in [7, 11) is 0. The molecule has 0 radical (unpaired) electrons. The van der Waals surface area contributed by atoms with Crippen LogP contribution in [0.15, 0.2) is 12.1 Å². The van der Waals surface area contributed by atoms with Crippen molar-refractivity contribution in [1.82, 2.24) is 0 Å². The summed E-state index contributed by atoms with van der Waals surface area (Å²) in [5, 5.41) is 8.40. The zero-order valence-corrected chi connectivity index (χ0v) is 8.39. The SMILES string of the molecule is Cc1cc(F)c(F)c(CCCC(=O)O)c1. The fraction of sp³-hybridized carbons (Fsp3) is 0.364. The molecule has 4 heteroatoms. The summed E-state index contributed by atoms with van der Waals surface area (Å²) in [6.45, 7) is 1.67. The minimum Gasteiger partial charge on any atom is -0.481 e. The molecular formula is C11H12F2O2. The van der Waals surface area contributed by atoms with E-state index in [2.05, 4.69) is 0 Å². The summed E-state index contributed by atoms with van der Waals surface area (Å²) in [5.41, 5.74) is 0.882. The molecule has 0 bridgehead atoms. The van der Waals surface area contributed by atoms with Gasteiger partial charge in [-0.3, -0.25) is 4.79 Å². The number of aryl methyl sites for hydroxylation is 2. The Morgan fingerprint density at radius 1 is 1.40 bits per heavy atom. The number of carbonyl (C=O) groups is 1. The van der Waals surface area contributed by atoms with Crippen molar-refractivity contribution in [3.8, 4) is 0 Å². The van der Waals surface area contributed by atoms with Crippen molar-refractivity contribution < 1.29 is 18.7 Å². The molecule has 0 unspecified atom stereocenters. The molecule has 0 atom stereocenters. The Morgan fingerprint density at radius 2 is 2.07 bits per heavy atom. The van der Waals surface area contributed by atoms with Crippen LogP contribution in [0.25, 0.3) is 0 Å². The van der Waals surface area contributed by atoms with Gasteiger partial charge in [-0.05, 0) is 37.0 Å². The van der Waals surface area contributed by atoms with E-state index in [4.69, 9.17) is 5.11 Å². The summed E-state index contributed by atoms with van der Waals surface area (Å²) in [5.74, 6) is -2.67. The molecule has 0 spiro atoms. The van der Waals surface area contributed by atoms with E-state index in [0.29, 0.717) is 12.0 Å². The van der Waals surface area contributed by atoms with Gasteiger partial charge in [0.1, 0.15) is 0 Å². The van der Waals surface area contributed by atoms with Gasteiger partial charge in [0.15, 0.2) is 11.6 Å². The van der Waals surface area contributed by atoms with Crippen LogP contribution in [-0.2, 0) is 11.2 Å². The first-order valence-corrected chi connectivity index (χ1v) is 4.67. The van der Waals surface area contributed by atoms with Crippen molar-refractivity contribution in [2.75, 3.05) is 0 Å². The number of halogens is 2. The Hall–Kier alpha value is -1.45. The number of carboxylic acids is 1. The van der Waals surface area contributed by atoms with Crippen LogP contribution in [0.1, 0.15) is 24.0 Å². The van der Waals surface area contributed by atoms with E-state index in [1.807, 2.05) is 0 Å². The summed E-state index contributed by atoms with van der Waals surface area (Å²) in [4.78, 5) is 10.2. The van der Waals surface area contributed by atoms with Crippen molar-refractivity contribution >= 4 is 5.97 Å². The van der Waals surface area contributed by atoms with Crippen LogP contribution in [0.2, 0.25) is 0 Å². The predicted molar refractivity (Wildman–Crippen MR) is 51.7 cm³/mol. The molecule has 15 heavy (non-hydrogen) atoms. The average Bonchev–Trinajstić information content (AvgIpc) is 2.12. The third-order valence-electron chi connectivity index (χ3n) is 2.08. The van der Waals surface area contributed by atoms with Crippen molar-refractivity contribution in [3.63, 3.8) is 0 Å². The van der Waals surface area contributed by atoms with Gasteiger partial charge in [0.2, 0.25) is 0 Å². The standard InChI is InChI=1S/C11H12F2O2/c1-7-5-8(3-2-4-10(14)15)11(13)9(12)6-7/h5-6H,2-4H2,1H3,(H,14,15). The molecule has 0 aliphatic rings. The van der Waals surface area contributed by atoms with E-state index in [1.54, 1.807) is 13.0 Å². The summed E-state index contributed by atoms with van der Waals surface area (Å²) in [6, 6.07) is 2.66. The Bertz CT molecular complexity index is 375. The first-order valence-electron chi connectivity index (χ1n) is 4.67. The lowest BCUT2D eigenvalue weighted by molar-refractivity contribution is -0.137. The minimum absolute atomic E-state index is 0.0327. The molecule has 0 aliphatic carbocycles. The zero-order valence-electron chi connectivity index (χ0n) is 8.39. The van der Waals surface area contributed by atoms with E-state index in [9.17, 15) is 13.6 Å². The lowest BCUT2D eigenvalue weighted by atomic mass is 10.0. The molecule has 0 saturated carbocycles. The number of hydrogen-bond acceptors (Lipinski definition) is 1. The lowest BCUT2D eigenvalue weighted by Gasteiger charge is -2.04. The fourth-order valence-electron chi connectivity index (χ4n) is 1.41. The summed E-state index contributed by atoms with van der Waals surface area (Å²) < 4.78 is 26.1. The molecule has 1 aromatic carbocycles. The largest absolute Gasteiger partial charge is 0.481 e. The van der Waals surface area contributed by atoms with Gasteiger partial charge >= 0.3 is 5.97 Å². The van der Waals surface area contributed by atoms with E-state index >= 15 is 0 Å². The van der Waals surface area contributed by atoms with E-state index in [0.717, 1.165) is 6.07 Å². The molecule has 0 fully saturated rings. The average molecular weight is 214 g/mol. The van der Waals surface area contributed by atoms with Crippen LogP contribution in [-0.4, -0.2) is 11.1 Å². The number of hydrogen-bond donors (Lipinski definition) is 1. The first-order chi connectivity index (χ1) is 7.00. The van der Waals surface area contributed by atoms with Crippen molar-refractivity contribution in [3.05, 3.63) is 34.9 Å². The van der Waals surface area contributed by atoms with Crippen LogP contribution >= 0.6 is 0 Å². The molecular weight excluding hydrogens is 202 g/mol. The minimum atomic E-state index is -0.927. The molecule has 0 amide bonds. The topological polar surface area (TPSA) is 37.3 Å². The van der Waals surface area contributed by atoms with Gasteiger partial charge in [-0.25, -0.2) is 8.78 Å². The second-order valence-electron chi connectivity index (χ2n) is 3.47. The molecule has 2 nitrogen and oxygen atoms in total. The van der Waals surface area contributed by atoms with E-state index in [1.165, 1.54) is 0 Å². The molecule has 0 saturated heterocycles.